The average molecular weight is 358 g/mol. The van der Waals surface area contributed by atoms with Gasteiger partial charge >= 0.3 is 5.97 Å². The second-order valence-electron chi connectivity index (χ2n) is 6.42. The first-order valence-corrected chi connectivity index (χ1v) is 9.67. The van der Waals surface area contributed by atoms with Crippen LogP contribution in [0.1, 0.15) is 58.8 Å². The molecule has 0 bridgehead atoms. The first-order chi connectivity index (χ1) is 12.7. The third-order valence-corrected chi connectivity index (χ3v) is 4.13. The third-order valence-electron chi connectivity index (χ3n) is 4.13. The number of benzene rings is 1. The van der Waals surface area contributed by atoms with Gasteiger partial charge in [0, 0.05) is 24.4 Å². The average Bonchev–Trinajstić information content (AvgIpc) is 2.67. The Morgan fingerprint density at radius 2 is 2.00 bits per heavy atom. The minimum Gasteiger partial charge on any atom is -0.494 e. The maximum Gasteiger partial charge on any atom is 0.312 e. The van der Waals surface area contributed by atoms with Crippen LogP contribution >= 0.6 is 0 Å². The van der Waals surface area contributed by atoms with Crippen LogP contribution in [0.25, 0.3) is 0 Å². The van der Waals surface area contributed by atoms with Crippen molar-refractivity contribution in [3.8, 4) is 5.75 Å². The number of rotatable bonds is 11. The molecule has 0 radical (unpaired) electrons. The highest BCUT2D eigenvalue weighted by atomic mass is 16.5. The fraction of sp³-hybridized carbons (Fsp3) is 0.524. The van der Waals surface area contributed by atoms with Crippen LogP contribution in [-0.4, -0.2) is 25.3 Å². The predicted molar refractivity (Wildman–Crippen MR) is 106 cm³/mol. The van der Waals surface area contributed by atoms with E-state index in [1.807, 2.05) is 36.1 Å². The van der Waals surface area contributed by atoms with E-state index in [-0.39, 0.29) is 5.97 Å². The molecule has 0 atom stereocenters. The molecule has 5 nitrogen and oxygen atoms in total. The lowest BCUT2D eigenvalue weighted by molar-refractivity contribution is -0.139. The zero-order valence-corrected chi connectivity index (χ0v) is 15.9. The zero-order chi connectivity index (χ0) is 18.6. The van der Waals surface area contributed by atoms with E-state index in [0.29, 0.717) is 18.8 Å². The van der Waals surface area contributed by atoms with Crippen LogP contribution in [0, 0.1) is 0 Å². The molecule has 0 spiro atoms. The highest BCUT2D eigenvalue weighted by molar-refractivity contribution is 5.74. The molecule has 26 heavy (non-hydrogen) atoms. The number of ether oxygens (including phenoxy) is 2. The minimum absolute atomic E-state index is 0.235. The molecule has 5 heteroatoms. The third kappa shape index (κ3) is 6.90. The Kier molecular flexibility index (Phi) is 8.73. The molecule has 1 aromatic rings. The molecule has 1 aliphatic heterocycles. The van der Waals surface area contributed by atoms with Gasteiger partial charge in [0.1, 0.15) is 5.75 Å². The van der Waals surface area contributed by atoms with Crippen molar-refractivity contribution in [2.24, 2.45) is 4.99 Å². The molecule has 1 aliphatic rings. The standard InChI is InChI=1S/C21H30N2O3/c1-3-5-7-8-15-25-19-11-9-10-18(16-19)23-14-13-22-20(17-23)26-21(24)12-6-4-2/h9-11,13,16-17H,3-8,12,14-15H2,1-2H3. The minimum atomic E-state index is -0.235. The van der Waals surface area contributed by atoms with E-state index in [1.54, 1.807) is 12.4 Å². The molecular formula is C21H30N2O3. The molecule has 0 unspecified atom stereocenters. The van der Waals surface area contributed by atoms with E-state index in [1.165, 1.54) is 19.3 Å². The Morgan fingerprint density at radius 3 is 2.81 bits per heavy atom. The molecule has 0 aliphatic carbocycles. The number of carbonyl (C=O) groups is 1. The number of unbranched alkanes of at least 4 members (excludes halogenated alkanes) is 4. The first-order valence-electron chi connectivity index (χ1n) is 9.67. The summed E-state index contributed by atoms with van der Waals surface area (Å²) in [5.74, 6) is 0.959. The number of esters is 1. The largest absolute Gasteiger partial charge is 0.494 e. The van der Waals surface area contributed by atoms with Crippen LogP contribution in [0.15, 0.2) is 41.3 Å². The molecule has 2 rings (SSSR count). The summed E-state index contributed by atoms with van der Waals surface area (Å²) in [6, 6.07) is 7.96. The molecule has 0 fully saturated rings. The molecule has 0 aromatic heterocycles. The Morgan fingerprint density at radius 1 is 1.15 bits per heavy atom. The van der Waals surface area contributed by atoms with Crippen molar-refractivity contribution < 1.29 is 14.3 Å². The van der Waals surface area contributed by atoms with Gasteiger partial charge in [-0.05, 0) is 25.0 Å². The monoisotopic (exact) mass is 358 g/mol. The van der Waals surface area contributed by atoms with Crippen LogP contribution in [-0.2, 0) is 9.53 Å². The second kappa shape index (κ2) is 11.3. The molecular weight excluding hydrogens is 328 g/mol. The summed E-state index contributed by atoms with van der Waals surface area (Å²) >= 11 is 0. The van der Waals surface area contributed by atoms with E-state index >= 15 is 0 Å². The number of anilines is 1. The molecule has 0 N–H and O–H groups in total. The van der Waals surface area contributed by atoms with E-state index in [4.69, 9.17) is 9.47 Å². The highest BCUT2D eigenvalue weighted by Gasteiger charge is 2.13. The maximum atomic E-state index is 11.8. The van der Waals surface area contributed by atoms with Crippen molar-refractivity contribution >= 4 is 17.9 Å². The van der Waals surface area contributed by atoms with Crippen molar-refractivity contribution in [3.05, 3.63) is 36.3 Å². The Balaban J connectivity index is 1.91. The summed E-state index contributed by atoms with van der Waals surface area (Å²) in [5, 5.41) is 0. The topological polar surface area (TPSA) is 51.1 Å². The van der Waals surface area contributed by atoms with Crippen molar-refractivity contribution in [1.29, 1.82) is 0 Å². The summed E-state index contributed by atoms with van der Waals surface area (Å²) in [6.45, 7) is 5.62. The van der Waals surface area contributed by atoms with Gasteiger partial charge in [0.05, 0.1) is 19.4 Å². The van der Waals surface area contributed by atoms with Gasteiger partial charge in [-0.15, -0.1) is 0 Å². The Hall–Kier alpha value is -2.30. The van der Waals surface area contributed by atoms with Crippen molar-refractivity contribution in [2.75, 3.05) is 18.1 Å². The fourth-order valence-electron chi connectivity index (χ4n) is 2.63. The van der Waals surface area contributed by atoms with E-state index < -0.39 is 0 Å². The quantitative estimate of drug-likeness (QED) is 0.409. The van der Waals surface area contributed by atoms with Crippen molar-refractivity contribution in [1.82, 2.24) is 0 Å². The fourth-order valence-corrected chi connectivity index (χ4v) is 2.63. The van der Waals surface area contributed by atoms with E-state index in [2.05, 4.69) is 11.9 Å². The Labute approximate surface area is 156 Å². The lowest BCUT2D eigenvalue weighted by atomic mass is 10.2. The summed E-state index contributed by atoms with van der Waals surface area (Å²) in [4.78, 5) is 18.0. The van der Waals surface area contributed by atoms with E-state index in [9.17, 15) is 4.79 Å². The van der Waals surface area contributed by atoms with Gasteiger partial charge < -0.3 is 14.4 Å². The number of aliphatic imine (C=N–C) groups is 1. The van der Waals surface area contributed by atoms with E-state index in [0.717, 1.165) is 37.3 Å². The normalized spacial score (nSPS) is 13.5. The van der Waals surface area contributed by atoms with Crippen LogP contribution in [0.2, 0.25) is 0 Å². The van der Waals surface area contributed by atoms with Gasteiger partial charge in [0.15, 0.2) is 0 Å². The molecule has 142 valence electrons. The summed E-state index contributed by atoms with van der Waals surface area (Å²) in [6.07, 6.45) is 10.5. The van der Waals surface area contributed by atoms with Crippen LogP contribution < -0.4 is 9.64 Å². The van der Waals surface area contributed by atoms with Crippen molar-refractivity contribution in [3.63, 3.8) is 0 Å². The molecule has 1 heterocycles. The van der Waals surface area contributed by atoms with Gasteiger partial charge in [0.2, 0.25) is 5.88 Å². The first kappa shape index (κ1) is 20.0. The van der Waals surface area contributed by atoms with Crippen LogP contribution in [0.5, 0.6) is 5.75 Å². The second-order valence-corrected chi connectivity index (χ2v) is 6.42. The lowest BCUT2D eigenvalue weighted by Gasteiger charge is -2.22. The zero-order valence-electron chi connectivity index (χ0n) is 15.9. The smallest absolute Gasteiger partial charge is 0.312 e. The molecule has 0 saturated heterocycles. The van der Waals surface area contributed by atoms with Gasteiger partial charge in [-0.1, -0.05) is 45.6 Å². The Bertz CT molecular complexity index is 625. The van der Waals surface area contributed by atoms with Gasteiger partial charge in [-0.2, -0.15) is 0 Å². The summed E-state index contributed by atoms with van der Waals surface area (Å²) in [7, 11) is 0. The summed E-state index contributed by atoms with van der Waals surface area (Å²) in [5.41, 5.74) is 0.990. The number of nitrogens with zero attached hydrogens (tertiary/aromatic N) is 2. The molecule has 0 saturated carbocycles. The highest BCUT2D eigenvalue weighted by Crippen LogP contribution is 2.24. The summed E-state index contributed by atoms with van der Waals surface area (Å²) < 4.78 is 11.2. The number of carbonyl (C=O) groups excluding carboxylic acids is 1. The van der Waals surface area contributed by atoms with Crippen molar-refractivity contribution in [2.45, 2.75) is 58.8 Å². The van der Waals surface area contributed by atoms with Gasteiger partial charge in [-0.25, -0.2) is 4.99 Å². The van der Waals surface area contributed by atoms with Gasteiger partial charge in [0.25, 0.3) is 0 Å². The number of hydrogen-bond acceptors (Lipinski definition) is 5. The lowest BCUT2D eigenvalue weighted by Crippen LogP contribution is -2.23. The van der Waals surface area contributed by atoms with Crippen LogP contribution in [0.3, 0.4) is 0 Å². The van der Waals surface area contributed by atoms with Crippen LogP contribution in [0.4, 0.5) is 5.69 Å². The maximum absolute atomic E-state index is 11.8. The molecule has 1 aromatic carbocycles. The SMILES string of the molecule is CCCCCCOc1cccc(N2C=C(OC(=O)CCCC)N=CC2)c1. The number of hydrogen-bond donors (Lipinski definition) is 0. The molecule has 0 amide bonds. The predicted octanol–water partition coefficient (Wildman–Crippen LogP) is 5.07. The van der Waals surface area contributed by atoms with Gasteiger partial charge in [-0.3, -0.25) is 4.79 Å².